The fourth-order valence-corrected chi connectivity index (χ4v) is 20.2. The molecule has 11 rings (SSSR count). The van der Waals surface area contributed by atoms with Crippen LogP contribution in [-0.4, -0.2) is 45.0 Å². The van der Waals surface area contributed by atoms with Crippen LogP contribution in [-0.2, 0) is 29.9 Å². The molecule has 70 heavy (non-hydrogen) atoms. The van der Waals surface area contributed by atoms with Gasteiger partial charge >= 0.3 is 11.9 Å². The lowest BCUT2D eigenvalue weighted by atomic mass is 9.32. The molecule has 6 fully saturated rings. The zero-order chi connectivity index (χ0) is 50.4. The predicted molar refractivity (Wildman–Crippen MR) is 275 cm³/mol. The maximum absolute atomic E-state index is 13.6. The second kappa shape index (κ2) is 15.0. The van der Waals surface area contributed by atoms with Crippen LogP contribution in [0.25, 0.3) is 6.08 Å². The lowest BCUT2D eigenvalue weighted by Gasteiger charge is -2.73. The molecule has 16 atom stereocenters. The first kappa shape index (κ1) is 48.6. The number of ether oxygens (including phenoxy) is 6. The summed E-state index contributed by atoms with van der Waals surface area (Å²) in [6.45, 7) is 31.0. The van der Waals surface area contributed by atoms with Crippen LogP contribution in [0.4, 0.5) is 0 Å². The van der Waals surface area contributed by atoms with Gasteiger partial charge in [0.25, 0.3) is 0 Å². The van der Waals surface area contributed by atoms with Crippen molar-refractivity contribution in [1.82, 2.24) is 0 Å². The van der Waals surface area contributed by atoms with E-state index in [0.29, 0.717) is 17.8 Å². The minimum atomic E-state index is -0.499. The van der Waals surface area contributed by atoms with Crippen molar-refractivity contribution < 1.29 is 38.0 Å². The maximum Gasteiger partial charge on any atom is 0.311 e. The summed E-state index contributed by atoms with van der Waals surface area (Å²) in [5, 5.41) is 0. The van der Waals surface area contributed by atoms with Gasteiger partial charge in [-0.25, -0.2) is 0 Å². The molecule has 2 aromatic carbocycles. The standard InChI is InChI=1S/C62H86O8/c1-35-38-17-18-43-57(8,25-29-60(11)45-34-56(7,70-37(3)63)24-21-54(45,5)22-27-59(43,60)10)39(38)31-42-48(35)69-50-49(68-42)46-36(2)47(66-15)41(65-14)32-40(46)58(9)26-30-61(12)44-33-55(6,52(64)67-16)20-19-53(44,4)23-28-62(61,13)51(50)58/h17-18,31-32,43-45,49-51H,19-30,33-34H2,1-16H3/t43-,44+,45+,49+,50+,51-,53+,54+,55+,56+,57-,58-,59+,60-,61-,62+/m0/s1. The van der Waals surface area contributed by atoms with Crippen molar-refractivity contribution in [3.05, 3.63) is 51.6 Å². The van der Waals surface area contributed by atoms with Crippen LogP contribution in [0.5, 0.6) is 23.0 Å². The Hall–Kier alpha value is -3.68. The molecule has 8 aliphatic carbocycles. The van der Waals surface area contributed by atoms with E-state index in [4.69, 9.17) is 28.4 Å². The van der Waals surface area contributed by atoms with E-state index in [1.165, 1.54) is 40.7 Å². The molecule has 0 aromatic heterocycles. The molecule has 8 nitrogen and oxygen atoms in total. The number of benzene rings is 2. The monoisotopic (exact) mass is 959 g/mol. The molecule has 382 valence electrons. The fourth-order valence-electron chi connectivity index (χ4n) is 20.2. The highest BCUT2D eigenvalue weighted by molar-refractivity contribution is 5.76. The SMILES string of the molecule is COC(=O)[C@]1(C)CC[C@]2(C)CC[C@]3(C)[C@H]4[C@@H]5Oc6c(cc7c(c6C)C=C[C@H]6[C@@]7(C)CC[C@@]7(C)[C@@H]8C[C@](C)(OC(C)=O)CC[C@]8(C)CC[C@]67C)O[C@@H]5c5c(cc(OC)c(OC)c5C)[C@]4(C)CC[C@@]3(C)[C@@H]2C1. The quantitative estimate of drug-likeness (QED) is 0.280. The summed E-state index contributed by atoms with van der Waals surface area (Å²) in [5.74, 6) is 4.32. The molecular formula is C62H86O8. The summed E-state index contributed by atoms with van der Waals surface area (Å²) in [6, 6.07) is 4.71. The number of esters is 2. The third-order valence-corrected chi connectivity index (χ3v) is 24.8. The summed E-state index contributed by atoms with van der Waals surface area (Å²) >= 11 is 0. The van der Waals surface area contributed by atoms with E-state index in [9.17, 15) is 9.59 Å². The number of carbonyl (C=O) groups is 2. The van der Waals surface area contributed by atoms with Gasteiger partial charge in [0.1, 0.15) is 11.7 Å². The largest absolute Gasteiger partial charge is 0.493 e. The first-order valence-corrected chi connectivity index (χ1v) is 27.4. The zero-order valence-electron chi connectivity index (χ0n) is 45.9. The number of allylic oxidation sites excluding steroid dienone is 1. The highest BCUT2D eigenvalue weighted by Crippen LogP contribution is 2.78. The van der Waals surface area contributed by atoms with Crippen molar-refractivity contribution in [3.8, 4) is 23.0 Å². The van der Waals surface area contributed by atoms with Gasteiger partial charge < -0.3 is 28.4 Å². The van der Waals surface area contributed by atoms with E-state index in [1.807, 2.05) is 0 Å². The average molecular weight is 959 g/mol. The molecule has 0 saturated heterocycles. The van der Waals surface area contributed by atoms with Crippen molar-refractivity contribution >= 4 is 18.0 Å². The van der Waals surface area contributed by atoms with Gasteiger partial charge in [0.05, 0.1) is 26.7 Å². The Morgan fingerprint density at radius 2 is 1.23 bits per heavy atom. The molecular weight excluding hydrogens is 873 g/mol. The second-order valence-electron chi connectivity index (χ2n) is 27.8. The molecule has 8 heteroatoms. The molecule has 0 spiro atoms. The molecule has 9 aliphatic rings. The summed E-state index contributed by atoms with van der Waals surface area (Å²) < 4.78 is 39.8. The third-order valence-electron chi connectivity index (χ3n) is 24.8. The van der Waals surface area contributed by atoms with Crippen molar-refractivity contribution in [2.24, 2.45) is 61.6 Å². The number of carbonyl (C=O) groups excluding carboxylic acids is 2. The van der Waals surface area contributed by atoms with E-state index >= 15 is 0 Å². The van der Waals surface area contributed by atoms with Crippen LogP contribution >= 0.6 is 0 Å². The van der Waals surface area contributed by atoms with Crippen LogP contribution in [0.15, 0.2) is 18.2 Å². The van der Waals surface area contributed by atoms with E-state index in [1.54, 1.807) is 28.3 Å². The highest BCUT2D eigenvalue weighted by Gasteiger charge is 2.73. The maximum atomic E-state index is 13.6. The molecule has 1 heterocycles. The Balaban J connectivity index is 1.03. The zero-order valence-corrected chi connectivity index (χ0v) is 45.9. The molecule has 2 aromatic rings. The van der Waals surface area contributed by atoms with E-state index in [-0.39, 0.29) is 73.4 Å². The summed E-state index contributed by atoms with van der Waals surface area (Å²) in [6.07, 6.45) is 19.1. The van der Waals surface area contributed by atoms with Crippen LogP contribution in [0.3, 0.4) is 0 Å². The molecule has 0 radical (unpaired) electrons. The van der Waals surface area contributed by atoms with Gasteiger partial charge in [-0.15, -0.1) is 0 Å². The summed E-state index contributed by atoms with van der Waals surface area (Å²) in [5.41, 5.74) is 6.45. The second-order valence-corrected chi connectivity index (χ2v) is 27.8. The van der Waals surface area contributed by atoms with Gasteiger partial charge in [0, 0.05) is 40.4 Å². The van der Waals surface area contributed by atoms with Gasteiger partial charge in [-0.1, -0.05) is 67.5 Å². The van der Waals surface area contributed by atoms with Crippen LogP contribution in [0.1, 0.15) is 206 Å². The van der Waals surface area contributed by atoms with E-state index in [2.05, 4.69) is 107 Å². The number of hydrogen-bond donors (Lipinski definition) is 0. The molecule has 6 saturated carbocycles. The highest BCUT2D eigenvalue weighted by atomic mass is 16.6. The molecule has 1 aliphatic heterocycles. The van der Waals surface area contributed by atoms with Gasteiger partial charge in [0.15, 0.2) is 29.1 Å². The minimum absolute atomic E-state index is 0.0460. The van der Waals surface area contributed by atoms with Gasteiger partial charge in [-0.3, -0.25) is 9.59 Å². The minimum Gasteiger partial charge on any atom is -0.493 e. The van der Waals surface area contributed by atoms with Crippen molar-refractivity contribution in [3.63, 3.8) is 0 Å². The van der Waals surface area contributed by atoms with Gasteiger partial charge in [-0.05, 0) is 197 Å². The lowest BCUT2D eigenvalue weighted by Crippen LogP contribution is -2.69. The van der Waals surface area contributed by atoms with Crippen LogP contribution in [0, 0.1) is 75.4 Å². The van der Waals surface area contributed by atoms with Crippen LogP contribution < -0.4 is 18.9 Å². The Kier molecular flexibility index (Phi) is 10.4. The number of rotatable bonds is 4. The van der Waals surface area contributed by atoms with Crippen molar-refractivity contribution in [1.29, 1.82) is 0 Å². The number of methoxy groups -OCH3 is 3. The van der Waals surface area contributed by atoms with Crippen LogP contribution in [0.2, 0.25) is 0 Å². The number of hydrogen-bond acceptors (Lipinski definition) is 8. The smallest absolute Gasteiger partial charge is 0.311 e. The van der Waals surface area contributed by atoms with Crippen molar-refractivity contribution in [2.75, 3.05) is 21.3 Å². The molecule has 0 unspecified atom stereocenters. The topological polar surface area (TPSA) is 89.5 Å². The Morgan fingerprint density at radius 1 is 0.629 bits per heavy atom. The number of fused-ring (bicyclic) bond motifs is 18. The summed E-state index contributed by atoms with van der Waals surface area (Å²) in [7, 11) is 5.08. The Bertz CT molecular complexity index is 2620. The van der Waals surface area contributed by atoms with Gasteiger partial charge in [-0.2, -0.15) is 0 Å². The van der Waals surface area contributed by atoms with Crippen molar-refractivity contribution in [2.45, 2.75) is 209 Å². The van der Waals surface area contributed by atoms with E-state index < -0.39 is 11.0 Å². The van der Waals surface area contributed by atoms with E-state index in [0.717, 1.165) is 106 Å². The molecule has 0 N–H and O–H groups in total. The first-order valence-electron chi connectivity index (χ1n) is 27.4. The fraction of sp³-hybridized carbons (Fsp3) is 0.742. The molecule has 0 amide bonds. The summed E-state index contributed by atoms with van der Waals surface area (Å²) in [4.78, 5) is 26.1. The normalized spacial score (nSPS) is 46.9. The Morgan fingerprint density at radius 3 is 1.87 bits per heavy atom. The Labute approximate surface area is 420 Å². The third kappa shape index (κ3) is 5.94. The first-order chi connectivity index (χ1) is 32.7. The van der Waals surface area contributed by atoms with Gasteiger partial charge in [0.2, 0.25) is 0 Å². The predicted octanol–water partition coefficient (Wildman–Crippen LogP) is 14.3. The lowest BCUT2D eigenvalue weighted by molar-refractivity contribution is -0.238. The average Bonchev–Trinajstić information content (AvgIpc) is 3.31. The molecule has 0 bridgehead atoms.